The van der Waals surface area contributed by atoms with Gasteiger partial charge in [0.15, 0.2) is 0 Å². The molecule has 0 saturated heterocycles. The van der Waals surface area contributed by atoms with Crippen molar-refractivity contribution in [2.24, 2.45) is 5.92 Å². The lowest BCUT2D eigenvalue weighted by Crippen LogP contribution is -2.25. The number of allylic oxidation sites excluding steroid dienone is 5. The fraction of sp³-hybridized carbons (Fsp3) is 0.462. The Morgan fingerprint density at radius 3 is 2.94 bits per heavy atom. The summed E-state index contributed by atoms with van der Waals surface area (Å²) < 4.78 is 0. The molecule has 0 aromatic carbocycles. The highest BCUT2D eigenvalue weighted by atomic mass is 16.1. The summed E-state index contributed by atoms with van der Waals surface area (Å²) in [5.41, 5.74) is 1.22. The third-order valence-corrected chi connectivity index (χ3v) is 2.64. The first-order valence-electron chi connectivity index (χ1n) is 5.78. The second kappa shape index (κ2) is 6.88. The fourth-order valence-electron chi connectivity index (χ4n) is 1.73. The van der Waals surface area contributed by atoms with E-state index in [0.29, 0.717) is 5.92 Å². The van der Waals surface area contributed by atoms with Gasteiger partial charge in [-0.1, -0.05) is 19.1 Å². The molecule has 1 aliphatic heterocycles. The smallest absolute Gasteiger partial charge is 0.216 e. The topological polar surface area (TPSA) is 41.1 Å². The standard InChI is InChI=1S/C13H20N2O/c1-3-12(8-10-14-11(2)16)13-7-5-4-6-9-15-13/h4-7,9,12,15H,3,8,10H2,1-2H3,(H,14,16). The molecule has 16 heavy (non-hydrogen) atoms. The highest BCUT2D eigenvalue weighted by molar-refractivity contribution is 5.72. The predicted molar refractivity (Wildman–Crippen MR) is 66.6 cm³/mol. The van der Waals surface area contributed by atoms with E-state index in [9.17, 15) is 4.79 Å². The van der Waals surface area contributed by atoms with Crippen molar-refractivity contribution in [2.45, 2.75) is 26.7 Å². The van der Waals surface area contributed by atoms with Gasteiger partial charge in [-0.25, -0.2) is 0 Å². The second-order valence-electron chi connectivity index (χ2n) is 3.89. The number of carbonyl (C=O) groups excluding carboxylic acids is 1. The van der Waals surface area contributed by atoms with Gasteiger partial charge in [-0.2, -0.15) is 0 Å². The van der Waals surface area contributed by atoms with Crippen molar-refractivity contribution in [1.82, 2.24) is 10.6 Å². The summed E-state index contributed by atoms with van der Waals surface area (Å²) in [5, 5.41) is 6.11. The van der Waals surface area contributed by atoms with Gasteiger partial charge in [0, 0.05) is 31.3 Å². The SMILES string of the molecule is CCC(CCNC(C)=O)C1=CC=CC=CN1. The molecule has 0 spiro atoms. The van der Waals surface area contributed by atoms with Crippen LogP contribution in [0.4, 0.5) is 0 Å². The Kier molecular flexibility index (Phi) is 5.40. The largest absolute Gasteiger partial charge is 0.365 e. The van der Waals surface area contributed by atoms with Crippen LogP contribution in [0.15, 0.2) is 36.2 Å². The summed E-state index contributed by atoms with van der Waals surface area (Å²) in [6.07, 6.45) is 12.1. The molecule has 1 aliphatic rings. The van der Waals surface area contributed by atoms with E-state index in [1.807, 2.05) is 24.4 Å². The number of nitrogens with one attached hydrogen (secondary N) is 2. The molecule has 1 amide bonds. The monoisotopic (exact) mass is 220 g/mol. The highest BCUT2D eigenvalue weighted by Crippen LogP contribution is 2.17. The van der Waals surface area contributed by atoms with E-state index < -0.39 is 0 Å². The first-order chi connectivity index (χ1) is 7.74. The number of hydrogen-bond acceptors (Lipinski definition) is 2. The van der Waals surface area contributed by atoms with Crippen LogP contribution in [0, 0.1) is 5.92 Å². The van der Waals surface area contributed by atoms with Crippen molar-refractivity contribution in [3.63, 3.8) is 0 Å². The van der Waals surface area contributed by atoms with Gasteiger partial charge in [-0.05, 0) is 25.0 Å². The third kappa shape index (κ3) is 4.34. The minimum atomic E-state index is 0.0393. The van der Waals surface area contributed by atoms with E-state index in [2.05, 4.69) is 23.6 Å². The molecule has 0 aliphatic carbocycles. The van der Waals surface area contributed by atoms with E-state index >= 15 is 0 Å². The summed E-state index contributed by atoms with van der Waals surface area (Å²) in [6.45, 7) is 4.45. The third-order valence-electron chi connectivity index (χ3n) is 2.64. The minimum absolute atomic E-state index is 0.0393. The Labute approximate surface area is 97.3 Å². The quantitative estimate of drug-likeness (QED) is 0.745. The Morgan fingerprint density at radius 1 is 1.44 bits per heavy atom. The van der Waals surface area contributed by atoms with Gasteiger partial charge in [0.2, 0.25) is 5.91 Å². The van der Waals surface area contributed by atoms with Crippen LogP contribution in [-0.4, -0.2) is 12.5 Å². The van der Waals surface area contributed by atoms with Crippen molar-refractivity contribution in [3.05, 3.63) is 36.2 Å². The van der Waals surface area contributed by atoms with Gasteiger partial charge >= 0.3 is 0 Å². The van der Waals surface area contributed by atoms with Crippen LogP contribution < -0.4 is 10.6 Å². The van der Waals surface area contributed by atoms with Crippen molar-refractivity contribution in [3.8, 4) is 0 Å². The van der Waals surface area contributed by atoms with Crippen LogP contribution in [0.2, 0.25) is 0 Å². The van der Waals surface area contributed by atoms with Crippen LogP contribution in [0.3, 0.4) is 0 Å². The van der Waals surface area contributed by atoms with Gasteiger partial charge in [-0.3, -0.25) is 4.79 Å². The molecule has 0 fully saturated rings. The van der Waals surface area contributed by atoms with Crippen LogP contribution in [-0.2, 0) is 4.79 Å². The lowest BCUT2D eigenvalue weighted by molar-refractivity contribution is -0.118. The molecule has 3 nitrogen and oxygen atoms in total. The van der Waals surface area contributed by atoms with E-state index in [1.165, 1.54) is 5.70 Å². The van der Waals surface area contributed by atoms with Gasteiger partial charge in [0.05, 0.1) is 0 Å². The molecule has 0 aromatic heterocycles. The maximum Gasteiger partial charge on any atom is 0.216 e. The maximum atomic E-state index is 10.8. The molecular weight excluding hydrogens is 200 g/mol. The predicted octanol–water partition coefficient (Wildman–Crippen LogP) is 2.10. The lowest BCUT2D eigenvalue weighted by Gasteiger charge is -2.18. The zero-order valence-electron chi connectivity index (χ0n) is 9.99. The van der Waals surface area contributed by atoms with Crippen LogP contribution in [0.5, 0.6) is 0 Å². The maximum absolute atomic E-state index is 10.8. The molecule has 0 aromatic rings. The molecule has 1 heterocycles. The van der Waals surface area contributed by atoms with Gasteiger partial charge in [-0.15, -0.1) is 0 Å². The molecule has 88 valence electrons. The molecule has 3 heteroatoms. The first-order valence-corrected chi connectivity index (χ1v) is 5.78. The van der Waals surface area contributed by atoms with Crippen molar-refractivity contribution < 1.29 is 4.79 Å². The molecule has 0 saturated carbocycles. The Balaban J connectivity index is 2.46. The van der Waals surface area contributed by atoms with E-state index in [-0.39, 0.29) is 5.91 Å². The number of hydrogen-bond donors (Lipinski definition) is 2. The molecule has 1 rings (SSSR count). The van der Waals surface area contributed by atoms with Gasteiger partial charge in [0.25, 0.3) is 0 Å². The fourth-order valence-corrected chi connectivity index (χ4v) is 1.73. The summed E-state index contributed by atoms with van der Waals surface area (Å²) in [5.74, 6) is 0.511. The summed E-state index contributed by atoms with van der Waals surface area (Å²) >= 11 is 0. The summed E-state index contributed by atoms with van der Waals surface area (Å²) in [7, 11) is 0. The van der Waals surface area contributed by atoms with Crippen molar-refractivity contribution in [1.29, 1.82) is 0 Å². The Morgan fingerprint density at radius 2 is 2.25 bits per heavy atom. The van der Waals surface area contributed by atoms with Crippen molar-refractivity contribution >= 4 is 5.91 Å². The number of amides is 1. The molecule has 0 radical (unpaired) electrons. The Hall–Kier alpha value is -1.51. The minimum Gasteiger partial charge on any atom is -0.365 e. The molecular formula is C13H20N2O. The summed E-state index contributed by atoms with van der Waals surface area (Å²) in [6, 6.07) is 0. The zero-order chi connectivity index (χ0) is 11.8. The Bertz CT molecular complexity index is 316. The van der Waals surface area contributed by atoms with E-state index in [0.717, 1.165) is 19.4 Å². The first kappa shape index (κ1) is 12.6. The van der Waals surface area contributed by atoms with Crippen LogP contribution in [0.25, 0.3) is 0 Å². The van der Waals surface area contributed by atoms with Crippen molar-refractivity contribution in [2.75, 3.05) is 6.54 Å². The van der Waals surface area contributed by atoms with E-state index in [4.69, 9.17) is 0 Å². The van der Waals surface area contributed by atoms with Gasteiger partial charge < -0.3 is 10.6 Å². The van der Waals surface area contributed by atoms with Gasteiger partial charge in [0.1, 0.15) is 0 Å². The van der Waals surface area contributed by atoms with Crippen LogP contribution >= 0.6 is 0 Å². The van der Waals surface area contributed by atoms with Crippen LogP contribution in [0.1, 0.15) is 26.7 Å². The molecule has 0 bridgehead atoms. The second-order valence-corrected chi connectivity index (χ2v) is 3.89. The summed E-state index contributed by atoms with van der Waals surface area (Å²) in [4.78, 5) is 10.8. The average Bonchev–Trinajstić information content (AvgIpc) is 2.52. The highest BCUT2D eigenvalue weighted by Gasteiger charge is 2.11. The zero-order valence-corrected chi connectivity index (χ0v) is 9.99. The lowest BCUT2D eigenvalue weighted by atomic mass is 9.98. The number of rotatable bonds is 5. The average molecular weight is 220 g/mol. The van der Waals surface area contributed by atoms with E-state index in [1.54, 1.807) is 6.92 Å². The molecule has 2 N–H and O–H groups in total. The number of carbonyl (C=O) groups is 1. The molecule has 1 atom stereocenters. The normalized spacial score (nSPS) is 16.0. The molecule has 1 unspecified atom stereocenters.